The number of hydrogen-bond donors (Lipinski definition) is 1. The summed E-state index contributed by atoms with van der Waals surface area (Å²) in [6, 6.07) is 13.8. The van der Waals surface area contributed by atoms with Gasteiger partial charge in [-0.2, -0.15) is 0 Å². The molecule has 1 N–H and O–H groups in total. The van der Waals surface area contributed by atoms with Gasteiger partial charge in [0.1, 0.15) is 5.52 Å². The van der Waals surface area contributed by atoms with Crippen LogP contribution < -0.4 is 0 Å². The summed E-state index contributed by atoms with van der Waals surface area (Å²) in [6.45, 7) is 3.94. The molecule has 0 amide bonds. The van der Waals surface area contributed by atoms with E-state index < -0.39 is 0 Å². The number of aromatic amines is 1. The fourth-order valence-corrected chi connectivity index (χ4v) is 3.48. The van der Waals surface area contributed by atoms with Crippen molar-refractivity contribution in [3.63, 3.8) is 0 Å². The first-order valence-electron chi connectivity index (χ1n) is 7.96. The topological polar surface area (TPSA) is 71.5 Å². The van der Waals surface area contributed by atoms with Crippen molar-refractivity contribution in [3.8, 4) is 0 Å². The largest absolute Gasteiger partial charge is 0.338 e. The number of benzene rings is 2. The molecule has 0 radical (unpaired) electrons. The van der Waals surface area contributed by atoms with Crippen molar-refractivity contribution in [3.05, 3.63) is 59.2 Å². The van der Waals surface area contributed by atoms with Gasteiger partial charge in [-0.05, 0) is 31.5 Å². The maximum atomic E-state index is 12.5. The Morgan fingerprint density at radius 3 is 2.84 bits per heavy atom. The highest BCUT2D eigenvalue weighted by Gasteiger charge is 2.13. The van der Waals surface area contributed by atoms with E-state index in [1.807, 2.05) is 56.3 Å². The van der Waals surface area contributed by atoms with Gasteiger partial charge in [0, 0.05) is 16.5 Å². The highest BCUT2D eigenvalue weighted by Crippen LogP contribution is 2.24. The Kier molecular flexibility index (Phi) is 3.97. The summed E-state index contributed by atoms with van der Waals surface area (Å²) < 4.78 is 0. The van der Waals surface area contributed by atoms with Crippen LogP contribution in [0, 0.1) is 13.8 Å². The average molecular weight is 348 g/mol. The van der Waals surface area contributed by atoms with Gasteiger partial charge in [-0.1, -0.05) is 47.7 Å². The van der Waals surface area contributed by atoms with Crippen LogP contribution in [0.3, 0.4) is 0 Å². The number of para-hydroxylation sites is 1. The molecule has 2 aromatic heterocycles. The molecule has 124 valence electrons. The fraction of sp³-hybridized carbons (Fsp3) is 0.158. The number of nitrogens with zero attached hydrogens (tertiary/aromatic N) is 3. The molecule has 0 saturated carbocycles. The zero-order valence-corrected chi connectivity index (χ0v) is 14.7. The Bertz CT molecular complexity index is 1100. The average Bonchev–Trinajstić information content (AvgIpc) is 2.99. The molecule has 0 atom stereocenters. The molecule has 0 spiro atoms. The van der Waals surface area contributed by atoms with E-state index >= 15 is 0 Å². The number of aromatic nitrogens is 4. The van der Waals surface area contributed by atoms with Gasteiger partial charge >= 0.3 is 0 Å². The number of fused-ring (bicyclic) bond motifs is 3. The number of ketones is 1. The van der Waals surface area contributed by atoms with E-state index in [1.54, 1.807) is 0 Å². The minimum Gasteiger partial charge on any atom is -0.338 e. The minimum atomic E-state index is 0.0755. The van der Waals surface area contributed by atoms with E-state index in [2.05, 4.69) is 20.2 Å². The van der Waals surface area contributed by atoms with Crippen LogP contribution in [-0.2, 0) is 0 Å². The zero-order chi connectivity index (χ0) is 17.4. The van der Waals surface area contributed by atoms with Gasteiger partial charge in [-0.3, -0.25) is 4.79 Å². The summed E-state index contributed by atoms with van der Waals surface area (Å²) in [4.78, 5) is 20.2. The number of rotatable bonds is 4. The Morgan fingerprint density at radius 2 is 1.96 bits per heavy atom. The monoisotopic (exact) mass is 348 g/mol. The van der Waals surface area contributed by atoms with Crippen molar-refractivity contribution in [1.29, 1.82) is 0 Å². The Labute approximate surface area is 148 Å². The molecule has 2 aromatic carbocycles. The maximum Gasteiger partial charge on any atom is 0.211 e. The molecule has 6 heteroatoms. The van der Waals surface area contributed by atoms with Crippen molar-refractivity contribution in [2.24, 2.45) is 0 Å². The first-order chi connectivity index (χ1) is 12.1. The van der Waals surface area contributed by atoms with E-state index in [4.69, 9.17) is 0 Å². The molecule has 0 aliphatic carbocycles. The van der Waals surface area contributed by atoms with Crippen molar-refractivity contribution >= 4 is 39.6 Å². The van der Waals surface area contributed by atoms with Crippen LogP contribution in [0.1, 0.15) is 21.5 Å². The number of Topliss-reactive ketones (excluding diaryl/α,β-unsaturated/α-hetero) is 1. The van der Waals surface area contributed by atoms with Crippen molar-refractivity contribution < 1.29 is 4.79 Å². The molecule has 5 nitrogen and oxygen atoms in total. The fourth-order valence-electron chi connectivity index (χ4n) is 2.81. The predicted octanol–water partition coefficient (Wildman–Crippen LogP) is 4.10. The van der Waals surface area contributed by atoms with Crippen molar-refractivity contribution in [2.45, 2.75) is 19.0 Å². The number of H-pyrrole nitrogens is 1. The highest BCUT2D eigenvalue weighted by atomic mass is 32.2. The van der Waals surface area contributed by atoms with E-state index in [0.29, 0.717) is 10.8 Å². The number of nitrogens with one attached hydrogen (secondary N) is 1. The van der Waals surface area contributed by atoms with Crippen LogP contribution in [0.5, 0.6) is 0 Å². The lowest BCUT2D eigenvalue weighted by Gasteiger charge is -2.05. The quantitative estimate of drug-likeness (QED) is 0.444. The summed E-state index contributed by atoms with van der Waals surface area (Å²) in [5, 5.41) is 9.94. The maximum absolute atomic E-state index is 12.5. The second-order valence-electron chi connectivity index (χ2n) is 5.99. The highest BCUT2D eigenvalue weighted by molar-refractivity contribution is 7.99. The third-order valence-corrected chi connectivity index (χ3v) is 4.97. The van der Waals surface area contributed by atoms with Crippen molar-refractivity contribution in [1.82, 2.24) is 20.2 Å². The van der Waals surface area contributed by atoms with Crippen LogP contribution in [0.2, 0.25) is 0 Å². The minimum absolute atomic E-state index is 0.0755. The summed E-state index contributed by atoms with van der Waals surface area (Å²) in [6.07, 6.45) is 0. The lowest BCUT2D eigenvalue weighted by atomic mass is 10.0. The SMILES string of the molecule is Cc1ccc(C)c(C(=O)CSc2nnc3c(n2)[nH]c2ccccc23)c1. The van der Waals surface area contributed by atoms with Gasteiger partial charge in [0.05, 0.1) is 5.75 Å². The van der Waals surface area contributed by atoms with Crippen molar-refractivity contribution in [2.75, 3.05) is 5.75 Å². The Hall–Kier alpha value is -2.73. The summed E-state index contributed by atoms with van der Waals surface area (Å²) >= 11 is 1.31. The standard InChI is InChI=1S/C19H16N4OS/c1-11-7-8-12(2)14(9-11)16(24)10-25-19-21-18-17(22-23-19)13-5-3-4-6-15(13)20-18/h3-9H,10H2,1-2H3,(H,20,21,23). The molecule has 4 rings (SSSR count). The molecular formula is C19H16N4OS. The summed E-state index contributed by atoms with van der Waals surface area (Å²) in [7, 11) is 0. The molecule has 0 bridgehead atoms. The third kappa shape index (κ3) is 3.00. The van der Waals surface area contributed by atoms with Gasteiger partial charge in [-0.25, -0.2) is 4.98 Å². The number of carbonyl (C=O) groups is 1. The van der Waals surface area contributed by atoms with E-state index in [9.17, 15) is 4.79 Å². The third-order valence-electron chi connectivity index (χ3n) is 4.13. The second kappa shape index (κ2) is 6.29. The van der Waals surface area contributed by atoms with Crippen LogP contribution in [0.4, 0.5) is 0 Å². The molecule has 2 heterocycles. The number of carbonyl (C=O) groups excluding carboxylic acids is 1. The van der Waals surface area contributed by atoms with Crippen LogP contribution in [0.25, 0.3) is 22.1 Å². The smallest absolute Gasteiger partial charge is 0.211 e. The summed E-state index contributed by atoms with van der Waals surface area (Å²) in [5.41, 5.74) is 5.25. The summed E-state index contributed by atoms with van der Waals surface area (Å²) in [5.74, 6) is 0.365. The second-order valence-corrected chi connectivity index (χ2v) is 6.93. The van der Waals surface area contributed by atoms with E-state index in [0.717, 1.165) is 33.1 Å². The van der Waals surface area contributed by atoms with Gasteiger partial charge in [-0.15, -0.1) is 10.2 Å². The number of hydrogen-bond acceptors (Lipinski definition) is 5. The van der Waals surface area contributed by atoms with Gasteiger partial charge < -0.3 is 4.98 Å². The van der Waals surface area contributed by atoms with Crippen LogP contribution >= 0.6 is 11.8 Å². The lowest BCUT2D eigenvalue weighted by molar-refractivity contribution is 0.102. The lowest BCUT2D eigenvalue weighted by Crippen LogP contribution is -2.06. The van der Waals surface area contributed by atoms with Crippen LogP contribution in [-0.4, -0.2) is 31.7 Å². The molecular weight excluding hydrogens is 332 g/mol. The Balaban J connectivity index is 1.57. The number of aryl methyl sites for hydroxylation is 2. The molecule has 25 heavy (non-hydrogen) atoms. The van der Waals surface area contributed by atoms with Gasteiger partial charge in [0.25, 0.3) is 0 Å². The Morgan fingerprint density at radius 1 is 1.12 bits per heavy atom. The van der Waals surface area contributed by atoms with E-state index in [-0.39, 0.29) is 11.5 Å². The number of thioether (sulfide) groups is 1. The zero-order valence-electron chi connectivity index (χ0n) is 13.9. The molecule has 0 aliphatic rings. The molecule has 0 saturated heterocycles. The molecule has 0 fully saturated rings. The molecule has 4 aromatic rings. The van der Waals surface area contributed by atoms with Gasteiger partial charge in [0.2, 0.25) is 5.16 Å². The first-order valence-corrected chi connectivity index (χ1v) is 8.95. The molecule has 0 aliphatic heterocycles. The van der Waals surface area contributed by atoms with Gasteiger partial charge in [0.15, 0.2) is 11.4 Å². The predicted molar refractivity (Wildman–Crippen MR) is 100 cm³/mol. The first kappa shape index (κ1) is 15.8. The van der Waals surface area contributed by atoms with Crippen LogP contribution in [0.15, 0.2) is 47.6 Å². The molecule has 0 unspecified atom stereocenters. The normalized spacial score (nSPS) is 11.3. The van der Waals surface area contributed by atoms with E-state index in [1.165, 1.54) is 11.8 Å².